The summed E-state index contributed by atoms with van der Waals surface area (Å²) in [4.78, 5) is 9.24. The molecule has 0 radical (unpaired) electrons. The van der Waals surface area contributed by atoms with E-state index in [1.165, 1.54) is 22.1 Å². The van der Waals surface area contributed by atoms with Crippen molar-refractivity contribution in [2.45, 2.75) is 32.1 Å². The first-order chi connectivity index (χ1) is 8.26. The third-order valence-corrected chi connectivity index (χ3v) is 3.82. The molecule has 0 aromatic carbocycles. The Bertz CT molecular complexity index is 394. The van der Waals surface area contributed by atoms with E-state index in [-0.39, 0.29) is 0 Å². The minimum absolute atomic E-state index is 0.656. The van der Waals surface area contributed by atoms with Crippen molar-refractivity contribution in [1.82, 2.24) is 9.97 Å². The number of hydrogen-bond acceptors (Lipinski definition) is 4. The van der Waals surface area contributed by atoms with Crippen molar-refractivity contribution < 1.29 is 4.74 Å². The standard InChI is InChI=1S/C12H18IN3O/c1-3-14-12-10(13)11(8-4-5-8)15-9(16-12)6-7-17-2/h8H,3-7H2,1-2H3,(H,14,15,16). The van der Waals surface area contributed by atoms with Crippen molar-refractivity contribution in [3.8, 4) is 0 Å². The highest BCUT2D eigenvalue weighted by molar-refractivity contribution is 14.1. The summed E-state index contributed by atoms with van der Waals surface area (Å²) in [6, 6.07) is 0. The van der Waals surface area contributed by atoms with Crippen LogP contribution in [0.3, 0.4) is 0 Å². The first kappa shape index (κ1) is 13.0. The zero-order chi connectivity index (χ0) is 12.3. The highest BCUT2D eigenvalue weighted by Crippen LogP contribution is 2.42. The van der Waals surface area contributed by atoms with Gasteiger partial charge in [-0.05, 0) is 42.4 Å². The minimum Gasteiger partial charge on any atom is -0.384 e. The summed E-state index contributed by atoms with van der Waals surface area (Å²) in [5.74, 6) is 2.53. The van der Waals surface area contributed by atoms with Crippen LogP contribution >= 0.6 is 22.6 Å². The first-order valence-corrected chi connectivity index (χ1v) is 7.13. The van der Waals surface area contributed by atoms with Crippen molar-refractivity contribution >= 4 is 28.4 Å². The lowest BCUT2D eigenvalue weighted by Gasteiger charge is -2.11. The molecule has 1 aromatic heterocycles. The molecule has 2 rings (SSSR count). The molecule has 0 saturated heterocycles. The van der Waals surface area contributed by atoms with E-state index in [9.17, 15) is 0 Å². The Hall–Kier alpha value is -0.430. The molecule has 1 fully saturated rings. The topological polar surface area (TPSA) is 47.0 Å². The van der Waals surface area contributed by atoms with E-state index < -0.39 is 0 Å². The van der Waals surface area contributed by atoms with Crippen LogP contribution in [0.4, 0.5) is 5.82 Å². The Morgan fingerprint density at radius 3 is 2.76 bits per heavy atom. The summed E-state index contributed by atoms with van der Waals surface area (Å²) < 4.78 is 6.28. The van der Waals surface area contributed by atoms with E-state index >= 15 is 0 Å². The van der Waals surface area contributed by atoms with E-state index in [0.29, 0.717) is 12.5 Å². The van der Waals surface area contributed by atoms with Crippen LogP contribution in [0.5, 0.6) is 0 Å². The maximum atomic E-state index is 5.09. The fourth-order valence-electron chi connectivity index (χ4n) is 1.73. The first-order valence-electron chi connectivity index (χ1n) is 6.05. The molecule has 0 bridgehead atoms. The number of nitrogens with zero attached hydrogens (tertiary/aromatic N) is 2. The van der Waals surface area contributed by atoms with Crippen molar-refractivity contribution in [3.05, 3.63) is 15.1 Å². The Kier molecular flexibility index (Phi) is 4.55. The third kappa shape index (κ3) is 3.28. The summed E-state index contributed by atoms with van der Waals surface area (Å²) in [6.45, 7) is 3.65. The molecule has 0 unspecified atom stereocenters. The van der Waals surface area contributed by atoms with Crippen molar-refractivity contribution in [2.24, 2.45) is 0 Å². The Morgan fingerprint density at radius 2 is 2.18 bits per heavy atom. The van der Waals surface area contributed by atoms with Crippen LogP contribution < -0.4 is 5.32 Å². The summed E-state index contributed by atoms with van der Waals surface area (Å²) >= 11 is 2.36. The summed E-state index contributed by atoms with van der Waals surface area (Å²) in [5, 5.41) is 3.32. The molecule has 0 amide bonds. The smallest absolute Gasteiger partial charge is 0.143 e. The second-order valence-electron chi connectivity index (χ2n) is 4.24. The van der Waals surface area contributed by atoms with Crippen LogP contribution in [0.25, 0.3) is 0 Å². The normalized spacial score (nSPS) is 15.0. The largest absolute Gasteiger partial charge is 0.384 e. The van der Waals surface area contributed by atoms with Gasteiger partial charge >= 0.3 is 0 Å². The summed E-state index contributed by atoms with van der Waals surface area (Å²) in [6.07, 6.45) is 3.32. The second-order valence-corrected chi connectivity index (χ2v) is 5.31. The predicted octanol–water partition coefficient (Wildman–Crippen LogP) is 2.58. The number of halogens is 1. The lowest BCUT2D eigenvalue weighted by atomic mass is 10.2. The summed E-state index contributed by atoms with van der Waals surface area (Å²) in [5.41, 5.74) is 1.22. The molecule has 1 saturated carbocycles. The van der Waals surface area contributed by atoms with Gasteiger partial charge in [0.1, 0.15) is 11.6 Å². The molecule has 1 N–H and O–H groups in total. The fourth-order valence-corrected chi connectivity index (χ4v) is 2.60. The number of methoxy groups -OCH3 is 1. The van der Waals surface area contributed by atoms with Crippen LogP contribution in [0.15, 0.2) is 0 Å². The minimum atomic E-state index is 0.656. The molecule has 0 atom stereocenters. The van der Waals surface area contributed by atoms with Gasteiger partial charge in [-0.15, -0.1) is 0 Å². The van der Waals surface area contributed by atoms with Gasteiger partial charge in [0.25, 0.3) is 0 Å². The molecule has 94 valence electrons. The molecular weight excluding hydrogens is 329 g/mol. The highest BCUT2D eigenvalue weighted by atomic mass is 127. The van der Waals surface area contributed by atoms with Crippen molar-refractivity contribution in [1.29, 1.82) is 0 Å². The zero-order valence-electron chi connectivity index (χ0n) is 10.3. The SMILES string of the molecule is CCNc1nc(CCOC)nc(C2CC2)c1I. The lowest BCUT2D eigenvalue weighted by Crippen LogP contribution is -2.10. The lowest BCUT2D eigenvalue weighted by molar-refractivity contribution is 0.200. The number of nitrogens with one attached hydrogen (secondary N) is 1. The number of hydrogen-bond donors (Lipinski definition) is 1. The maximum Gasteiger partial charge on any atom is 0.143 e. The van der Waals surface area contributed by atoms with Gasteiger partial charge < -0.3 is 10.1 Å². The van der Waals surface area contributed by atoms with E-state index in [1.54, 1.807) is 7.11 Å². The zero-order valence-corrected chi connectivity index (χ0v) is 12.5. The van der Waals surface area contributed by atoms with Gasteiger partial charge in [0.2, 0.25) is 0 Å². The van der Waals surface area contributed by atoms with E-state index in [4.69, 9.17) is 4.74 Å². The third-order valence-electron chi connectivity index (χ3n) is 2.76. The predicted molar refractivity (Wildman–Crippen MR) is 76.5 cm³/mol. The van der Waals surface area contributed by atoms with Crippen LogP contribution in [0.1, 0.15) is 37.2 Å². The Labute approximate surface area is 116 Å². The average Bonchev–Trinajstić information content (AvgIpc) is 3.14. The van der Waals surface area contributed by atoms with Crippen LogP contribution in [-0.4, -0.2) is 30.2 Å². The van der Waals surface area contributed by atoms with Gasteiger partial charge in [-0.3, -0.25) is 0 Å². The van der Waals surface area contributed by atoms with Gasteiger partial charge in [-0.1, -0.05) is 0 Å². The molecule has 1 aliphatic rings. The van der Waals surface area contributed by atoms with E-state index in [2.05, 4.69) is 44.8 Å². The molecule has 1 aromatic rings. The number of anilines is 1. The fraction of sp³-hybridized carbons (Fsp3) is 0.667. The summed E-state index contributed by atoms with van der Waals surface area (Å²) in [7, 11) is 1.71. The number of ether oxygens (including phenoxy) is 1. The van der Waals surface area contributed by atoms with Gasteiger partial charge in [0.15, 0.2) is 0 Å². The quantitative estimate of drug-likeness (QED) is 0.804. The molecule has 0 aliphatic heterocycles. The molecular formula is C12H18IN3O. The molecule has 1 aliphatic carbocycles. The molecule has 17 heavy (non-hydrogen) atoms. The van der Waals surface area contributed by atoms with Crippen molar-refractivity contribution in [3.63, 3.8) is 0 Å². The highest BCUT2D eigenvalue weighted by Gasteiger charge is 2.29. The van der Waals surface area contributed by atoms with E-state index in [0.717, 1.165) is 24.6 Å². The molecule has 4 nitrogen and oxygen atoms in total. The van der Waals surface area contributed by atoms with Gasteiger partial charge in [-0.2, -0.15) is 0 Å². The van der Waals surface area contributed by atoms with Crippen LogP contribution in [-0.2, 0) is 11.2 Å². The Balaban J connectivity index is 2.26. The monoisotopic (exact) mass is 347 g/mol. The van der Waals surface area contributed by atoms with Gasteiger partial charge in [-0.25, -0.2) is 9.97 Å². The average molecular weight is 347 g/mol. The van der Waals surface area contributed by atoms with Gasteiger partial charge in [0, 0.05) is 26.0 Å². The van der Waals surface area contributed by atoms with Gasteiger partial charge in [0.05, 0.1) is 15.9 Å². The molecule has 5 heteroatoms. The maximum absolute atomic E-state index is 5.09. The Morgan fingerprint density at radius 1 is 1.41 bits per heavy atom. The van der Waals surface area contributed by atoms with E-state index in [1.807, 2.05) is 0 Å². The second kappa shape index (κ2) is 5.95. The van der Waals surface area contributed by atoms with Crippen molar-refractivity contribution in [2.75, 3.05) is 25.6 Å². The molecule has 0 spiro atoms. The molecule has 1 heterocycles. The number of aromatic nitrogens is 2. The van der Waals surface area contributed by atoms with Crippen LogP contribution in [0.2, 0.25) is 0 Å². The number of rotatable bonds is 6. The van der Waals surface area contributed by atoms with Crippen LogP contribution in [0, 0.1) is 3.57 Å².